The Morgan fingerprint density at radius 3 is 2.70 bits per heavy atom. The summed E-state index contributed by atoms with van der Waals surface area (Å²) in [5.74, 6) is 0.658. The van der Waals surface area contributed by atoms with E-state index < -0.39 is 6.23 Å². The van der Waals surface area contributed by atoms with Crippen molar-refractivity contribution in [3.63, 3.8) is 0 Å². The van der Waals surface area contributed by atoms with Crippen LogP contribution >= 0.6 is 0 Å². The first kappa shape index (κ1) is 17.8. The van der Waals surface area contributed by atoms with Crippen LogP contribution in [0.2, 0.25) is 0 Å². The molecule has 1 aromatic heterocycles. The van der Waals surface area contributed by atoms with Gasteiger partial charge in [0.1, 0.15) is 6.07 Å². The van der Waals surface area contributed by atoms with E-state index in [1.54, 1.807) is 16.9 Å². The largest absolute Gasteiger partial charge is 0.373 e. The molecule has 2 saturated heterocycles. The SMILES string of the molecule is Cc1c(C(O)Nc2ccc(N3CCC(C4CO4)CC3)c(C#N)c2)cnn1C. The highest BCUT2D eigenvalue weighted by Crippen LogP contribution is 2.33. The van der Waals surface area contributed by atoms with Gasteiger partial charge in [0.05, 0.1) is 30.2 Å². The second-order valence-corrected chi connectivity index (χ2v) is 7.40. The Morgan fingerprint density at radius 1 is 1.37 bits per heavy atom. The minimum Gasteiger partial charge on any atom is -0.373 e. The van der Waals surface area contributed by atoms with E-state index in [4.69, 9.17) is 4.74 Å². The fourth-order valence-corrected chi connectivity index (χ4v) is 3.85. The third-order valence-corrected chi connectivity index (χ3v) is 5.75. The molecule has 3 heterocycles. The molecule has 7 heteroatoms. The second-order valence-electron chi connectivity index (χ2n) is 7.40. The van der Waals surface area contributed by atoms with Crippen molar-refractivity contribution in [2.45, 2.75) is 32.1 Å². The highest BCUT2D eigenvalue weighted by Gasteiger charge is 2.35. The highest BCUT2D eigenvalue weighted by molar-refractivity contribution is 5.66. The average molecular weight is 367 g/mol. The zero-order chi connectivity index (χ0) is 19.0. The van der Waals surface area contributed by atoms with E-state index in [0.29, 0.717) is 23.3 Å². The zero-order valence-corrected chi connectivity index (χ0v) is 15.7. The maximum Gasteiger partial charge on any atom is 0.154 e. The predicted octanol–water partition coefficient (Wildman–Crippen LogP) is 2.32. The summed E-state index contributed by atoms with van der Waals surface area (Å²) < 4.78 is 7.15. The molecule has 2 atom stereocenters. The van der Waals surface area contributed by atoms with Crippen molar-refractivity contribution in [1.82, 2.24) is 9.78 Å². The Kier molecular flexibility index (Phi) is 4.77. The molecule has 0 spiro atoms. The summed E-state index contributed by atoms with van der Waals surface area (Å²) in [6.45, 7) is 4.72. The van der Waals surface area contributed by atoms with Gasteiger partial charge in [-0.2, -0.15) is 10.4 Å². The molecule has 2 aliphatic rings. The molecular weight excluding hydrogens is 342 g/mol. The Hall–Kier alpha value is -2.56. The van der Waals surface area contributed by atoms with Crippen molar-refractivity contribution in [1.29, 1.82) is 5.26 Å². The number of benzene rings is 1. The van der Waals surface area contributed by atoms with Gasteiger partial charge in [-0.3, -0.25) is 4.68 Å². The maximum atomic E-state index is 10.5. The molecule has 2 unspecified atom stereocenters. The number of nitrogens with one attached hydrogen (secondary N) is 1. The minimum absolute atomic E-state index is 0.464. The monoisotopic (exact) mass is 367 g/mol. The van der Waals surface area contributed by atoms with Crippen LogP contribution < -0.4 is 10.2 Å². The lowest BCUT2D eigenvalue weighted by atomic mass is 9.93. The topological polar surface area (TPSA) is 89.6 Å². The Morgan fingerprint density at radius 2 is 2.11 bits per heavy atom. The van der Waals surface area contributed by atoms with Gasteiger partial charge in [-0.15, -0.1) is 0 Å². The van der Waals surface area contributed by atoms with E-state index in [9.17, 15) is 10.4 Å². The lowest BCUT2D eigenvalue weighted by Gasteiger charge is -2.33. The van der Waals surface area contributed by atoms with Crippen molar-refractivity contribution >= 4 is 11.4 Å². The molecule has 0 saturated carbocycles. The van der Waals surface area contributed by atoms with Crippen LogP contribution in [0.4, 0.5) is 11.4 Å². The number of hydrogen-bond donors (Lipinski definition) is 2. The van der Waals surface area contributed by atoms with Crippen molar-refractivity contribution in [2.75, 3.05) is 29.9 Å². The number of nitriles is 1. The van der Waals surface area contributed by atoms with Crippen LogP contribution in [-0.2, 0) is 11.8 Å². The van der Waals surface area contributed by atoms with Crippen LogP contribution in [0.25, 0.3) is 0 Å². The van der Waals surface area contributed by atoms with Crippen molar-refractivity contribution < 1.29 is 9.84 Å². The van der Waals surface area contributed by atoms with Gasteiger partial charge in [0.15, 0.2) is 6.23 Å². The van der Waals surface area contributed by atoms with E-state index in [1.165, 1.54) is 0 Å². The van der Waals surface area contributed by atoms with Gasteiger partial charge in [-0.05, 0) is 43.9 Å². The van der Waals surface area contributed by atoms with Crippen molar-refractivity contribution in [3.05, 3.63) is 41.2 Å². The van der Waals surface area contributed by atoms with Gasteiger partial charge >= 0.3 is 0 Å². The summed E-state index contributed by atoms with van der Waals surface area (Å²) in [6.07, 6.45) is 3.46. The number of piperidine rings is 1. The van der Waals surface area contributed by atoms with E-state index in [2.05, 4.69) is 21.4 Å². The molecule has 0 radical (unpaired) electrons. The summed E-state index contributed by atoms with van der Waals surface area (Å²) in [5, 5.41) is 27.3. The standard InChI is InChI=1S/C20H25N5O2/c1-13-17(11-22-24(13)2)20(26)23-16-3-4-18(15(9-16)10-21)25-7-5-14(6-8-25)19-12-27-19/h3-4,9,11,14,19-20,23,26H,5-8,12H2,1-2H3. The van der Waals surface area contributed by atoms with E-state index in [0.717, 1.165) is 49.5 Å². The van der Waals surface area contributed by atoms with Gasteiger partial charge in [-0.25, -0.2) is 0 Å². The van der Waals surface area contributed by atoms with Crippen LogP contribution in [0.15, 0.2) is 24.4 Å². The highest BCUT2D eigenvalue weighted by atomic mass is 16.6. The number of anilines is 2. The van der Waals surface area contributed by atoms with Crippen LogP contribution in [0.1, 0.15) is 35.9 Å². The molecule has 2 N–H and O–H groups in total. The number of ether oxygens (including phenoxy) is 1. The smallest absolute Gasteiger partial charge is 0.154 e. The number of nitrogens with zero attached hydrogens (tertiary/aromatic N) is 4. The number of aryl methyl sites for hydroxylation is 1. The Labute approximate surface area is 159 Å². The molecule has 2 aromatic rings. The molecule has 0 bridgehead atoms. The fraction of sp³-hybridized carbons (Fsp3) is 0.500. The third-order valence-electron chi connectivity index (χ3n) is 5.75. The fourth-order valence-electron chi connectivity index (χ4n) is 3.85. The van der Waals surface area contributed by atoms with Gasteiger partial charge in [0, 0.05) is 37.1 Å². The van der Waals surface area contributed by atoms with Gasteiger partial charge in [0.25, 0.3) is 0 Å². The van der Waals surface area contributed by atoms with E-state index in [1.807, 2.05) is 26.1 Å². The van der Waals surface area contributed by atoms with Crippen molar-refractivity contribution in [2.24, 2.45) is 13.0 Å². The second kappa shape index (κ2) is 7.22. The first-order chi connectivity index (χ1) is 13.1. The maximum absolute atomic E-state index is 10.5. The molecule has 1 aromatic carbocycles. The number of epoxide rings is 1. The van der Waals surface area contributed by atoms with Crippen LogP contribution in [0.5, 0.6) is 0 Å². The molecule has 2 aliphatic heterocycles. The summed E-state index contributed by atoms with van der Waals surface area (Å²) in [6, 6.07) is 8.00. The molecule has 2 fully saturated rings. The van der Waals surface area contributed by atoms with Gasteiger partial charge in [-0.1, -0.05) is 0 Å². The third kappa shape index (κ3) is 3.64. The van der Waals surface area contributed by atoms with Crippen LogP contribution in [-0.4, -0.2) is 40.7 Å². The summed E-state index contributed by atoms with van der Waals surface area (Å²) in [5.41, 5.74) is 3.92. The lowest BCUT2D eigenvalue weighted by Crippen LogP contribution is -2.35. The Balaban J connectivity index is 1.46. The summed E-state index contributed by atoms with van der Waals surface area (Å²) in [7, 11) is 1.84. The van der Waals surface area contributed by atoms with Crippen molar-refractivity contribution in [3.8, 4) is 6.07 Å². The number of aliphatic hydroxyl groups excluding tert-OH is 1. The molecule has 4 rings (SSSR count). The lowest BCUT2D eigenvalue weighted by molar-refractivity contribution is 0.207. The zero-order valence-electron chi connectivity index (χ0n) is 15.7. The van der Waals surface area contributed by atoms with E-state index in [-0.39, 0.29) is 0 Å². The molecule has 7 nitrogen and oxygen atoms in total. The Bertz CT molecular complexity index is 860. The molecule has 142 valence electrons. The van der Waals surface area contributed by atoms with Crippen LogP contribution in [0, 0.1) is 24.2 Å². The number of hydrogen-bond acceptors (Lipinski definition) is 6. The first-order valence-corrected chi connectivity index (χ1v) is 9.40. The van der Waals surface area contributed by atoms with E-state index >= 15 is 0 Å². The first-order valence-electron chi connectivity index (χ1n) is 9.40. The summed E-state index contributed by atoms with van der Waals surface area (Å²) in [4.78, 5) is 2.28. The normalized spacial score (nSPS) is 21.0. The van der Waals surface area contributed by atoms with Crippen LogP contribution in [0.3, 0.4) is 0 Å². The average Bonchev–Trinajstić information content (AvgIpc) is 3.48. The number of rotatable bonds is 5. The molecular formula is C20H25N5O2. The summed E-state index contributed by atoms with van der Waals surface area (Å²) >= 11 is 0. The molecule has 0 amide bonds. The van der Waals surface area contributed by atoms with Gasteiger partial charge in [0.2, 0.25) is 0 Å². The predicted molar refractivity (Wildman–Crippen MR) is 102 cm³/mol. The number of aliphatic hydroxyl groups is 1. The molecule has 27 heavy (non-hydrogen) atoms. The quantitative estimate of drug-likeness (QED) is 0.623. The number of aromatic nitrogens is 2. The van der Waals surface area contributed by atoms with Gasteiger partial charge < -0.3 is 20.1 Å². The minimum atomic E-state index is -0.870. The molecule has 0 aliphatic carbocycles.